The molecule has 6 nitrogen and oxygen atoms in total. The molecular formula is C19H18FN3O3. The Morgan fingerprint density at radius 2 is 1.73 bits per heavy atom. The molecule has 1 amide bonds. The second kappa shape index (κ2) is 7.77. The van der Waals surface area contributed by atoms with Crippen LogP contribution in [-0.4, -0.2) is 22.2 Å². The van der Waals surface area contributed by atoms with Gasteiger partial charge in [-0.1, -0.05) is 30.3 Å². The Balaban J connectivity index is 1.59. The highest BCUT2D eigenvalue weighted by atomic mass is 19.1. The van der Waals surface area contributed by atoms with Gasteiger partial charge in [0.15, 0.2) is 0 Å². The number of carbonyl (C=O) groups is 1. The molecule has 1 aromatic heterocycles. The molecule has 0 unspecified atom stereocenters. The van der Waals surface area contributed by atoms with Crippen LogP contribution in [-0.2, 0) is 17.8 Å². The highest BCUT2D eigenvalue weighted by Crippen LogP contribution is 2.06. The van der Waals surface area contributed by atoms with Gasteiger partial charge < -0.3 is 5.32 Å². The number of nitrogens with zero attached hydrogens (tertiary/aromatic N) is 1. The fourth-order valence-electron chi connectivity index (χ4n) is 2.74. The number of aromatic amines is 1. The third kappa shape index (κ3) is 3.88. The molecule has 134 valence electrons. The first-order valence-electron chi connectivity index (χ1n) is 8.28. The Hall–Kier alpha value is -3.22. The van der Waals surface area contributed by atoms with Crippen molar-refractivity contribution >= 4 is 16.7 Å². The SMILES string of the molecule is O=C(CCn1[nH]c(=O)c2ccccc2c1=O)NCCc1ccccc1F. The first-order valence-corrected chi connectivity index (χ1v) is 8.28. The highest BCUT2D eigenvalue weighted by Gasteiger charge is 2.09. The van der Waals surface area contributed by atoms with Gasteiger partial charge in [-0.05, 0) is 30.2 Å². The van der Waals surface area contributed by atoms with E-state index in [-0.39, 0.29) is 35.8 Å². The van der Waals surface area contributed by atoms with E-state index in [1.807, 2.05) is 0 Å². The largest absolute Gasteiger partial charge is 0.356 e. The number of aromatic nitrogens is 2. The molecule has 0 aliphatic rings. The number of amides is 1. The standard InChI is InChI=1S/C19H18FN3O3/c20-16-8-4-1-5-13(16)9-11-21-17(24)10-12-23-19(26)15-7-3-2-6-14(15)18(25)22-23/h1-8H,9-12H2,(H,21,24)(H,22,25). The molecule has 0 radical (unpaired) electrons. The van der Waals surface area contributed by atoms with Crippen molar-refractivity contribution in [3.05, 3.63) is 80.6 Å². The van der Waals surface area contributed by atoms with E-state index in [1.54, 1.807) is 42.5 Å². The molecule has 0 aliphatic heterocycles. The molecule has 1 heterocycles. The molecule has 2 aromatic carbocycles. The molecule has 3 aromatic rings. The van der Waals surface area contributed by atoms with E-state index in [0.717, 1.165) is 4.68 Å². The lowest BCUT2D eigenvalue weighted by atomic mass is 10.1. The first-order chi connectivity index (χ1) is 12.6. The van der Waals surface area contributed by atoms with Crippen LogP contribution < -0.4 is 16.4 Å². The summed E-state index contributed by atoms with van der Waals surface area (Å²) in [5.41, 5.74) is -0.192. The lowest BCUT2D eigenvalue weighted by Crippen LogP contribution is -2.33. The molecule has 2 N–H and O–H groups in total. The Morgan fingerprint density at radius 3 is 2.50 bits per heavy atom. The van der Waals surface area contributed by atoms with Crippen LogP contribution in [0.25, 0.3) is 10.8 Å². The molecule has 3 rings (SSSR count). The molecule has 7 heteroatoms. The van der Waals surface area contributed by atoms with Crippen LogP contribution in [0.3, 0.4) is 0 Å². The molecule has 0 fully saturated rings. The van der Waals surface area contributed by atoms with E-state index in [2.05, 4.69) is 10.4 Å². The number of hydrogen-bond donors (Lipinski definition) is 2. The lowest BCUT2D eigenvalue weighted by molar-refractivity contribution is -0.121. The second-order valence-corrected chi connectivity index (χ2v) is 5.88. The average Bonchev–Trinajstić information content (AvgIpc) is 2.65. The van der Waals surface area contributed by atoms with Crippen molar-refractivity contribution in [3.8, 4) is 0 Å². The van der Waals surface area contributed by atoms with E-state index in [9.17, 15) is 18.8 Å². The fourth-order valence-corrected chi connectivity index (χ4v) is 2.74. The molecule has 0 saturated carbocycles. The number of aryl methyl sites for hydroxylation is 1. The summed E-state index contributed by atoms with van der Waals surface area (Å²) >= 11 is 0. The number of carbonyl (C=O) groups excluding carboxylic acids is 1. The van der Waals surface area contributed by atoms with E-state index < -0.39 is 0 Å². The van der Waals surface area contributed by atoms with Crippen molar-refractivity contribution in [1.82, 2.24) is 15.1 Å². The summed E-state index contributed by atoms with van der Waals surface area (Å²) in [6.45, 7) is 0.355. The second-order valence-electron chi connectivity index (χ2n) is 5.88. The lowest BCUT2D eigenvalue weighted by Gasteiger charge is -2.08. The van der Waals surface area contributed by atoms with E-state index in [1.165, 1.54) is 6.07 Å². The molecule has 0 atom stereocenters. The molecule has 0 aliphatic carbocycles. The molecular weight excluding hydrogens is 337 g/mol. The van der Waals surface area contributed by atoms with Crippen molar-refractivity contribution < 1.29 is 9.18 Å². The summed E-state index contributed by atoms with van der Waals surface area (Å²) in [6.07, 6.45) is 0.413. The summed E-state index contributed by atoms with van der Waals surface area (Å²) in [7, 11) is 0. The Morgan fingerprint density at radius 1 is 1.04 bits per heavy atom. The number of fused-ring (bicyclic) bond motifs is 1. The maximum atomic E-state index is 13.5. The van der Waals surface area contributed by atoms with Crippen LogP contribution in [0.4, 0.5) is 4.39 Å². The number of benzene rings is 2. The minimum atomic E-state index is -0.375. The van der Waals surface area contributed by atoms with Gasteiger partial charge in [0.2, 0.25) is 5.91 Å². The van der Waals surface area contributed by atoms with Gasteiger partial charge in [0.05, 0.1) is 17.3 Å². The third-order valence-corrected chi connectivity index (χ3v) is 4.12. The monoisotopic (exact) mass is 355 g/mol. The van der Waals surface area contributed by atoms with Crippen molar-refractivity contribution in [1.29, 1.82) is 0 Å². The van der Waals surface area contributed by atoms with Gasteiger partial charge in [-0.25, -0.2) is 9.07 Å². The quantitative estimate of drug-likeness (QED) is 0.704. The summed E-state index contributed by atoms with van der Waals surface area (Å²) < 4.78 is 14.6. The average molecular weight is 355 g/mol. The normalized spacial score (nSPS) is 10.8. The van der Waals surface area contributed by atoms with Crippen LogP contribution in [0.1, 0.15) is 12.0 Å². The minimum absolute atomic E-state index is 0.0332. The Bertz CT molecular complexity index is 1060. The molecule has 0 bridgehead atoms. The molecule has 26 heavy (non-hydrogen) atoms. The van der Waals surface area contributed by atoms with Crippen LogP contribution in [0.5, 0.6) is 0 Å². The minimum Gasteiger partial charge on any atom is -0.356 e. The van der Waals surface area contributed by atoms with Crippen LogP contribution in [0.15, 0.2) is 58.1 Å². The van der Waals surface area contributed by atoms with Crippen molar-refractivity contribution in [3.63, 3.8) is 0 Å². The highest BCUT2D eigenvalue weighted by molar-refractivity contribution is 5.80. The zero-order valence-corrected chi connectivity index (χ0v) is 14.0. The van der Waals surface area contributed by atoms with Crippen LogP contribution in [0, 0.1) is 5.82 Å². The molecule has 0 saturated heterocycles. The van der Waals surface area contributed by atoms with Gasteiger partial charge in [-0.2, -0.15) is 0 Å². The fraction of sp³-hybridized carbons (Fsp3) is 0.211. The number of nitrogens with one attached hydrogen (secondary N) is 2. The smallest absolute Gasteiger partial charge is 0.273 e. The Labute approximate surface area is 148 Å². The summed E-state index contributed by atoms with van der Waals surface area (Å²) in [5.74, 6) is -0.579. The van der Waals surface area contributed by atoms with Gasteiger partial charge >= 0.3 is 0 Å². The zero-order chi connectivity index (χ0) is 18.5. The summed E-state index contributed by atoms with van der Waals surface area (Å²) in [4.78, 5) is 36.3. The number of hydrogen-bond acceptors (Lipinski definition) is 3. The van der Waals surface area contributed by atoms with E-state index >= 15 is 0 Å². The zero-order valence-electron chi connectivity index (χ0n) is 14.0. The summed E-state index contributed by atoms with van der Waals surface area (Å²) in [5, 5.41) is 5.81. The summed E-state index contributed by atoms with van der Waals surface area (Å²) in [6, 6.07) is 12.9. The topological polar surface area (TPSA) is 84.0 Å². The predicted octanol–water partition coefficient (Wildman–Crippen LogP) is 1.58. The van der Waals surface area contributed by atoms with Crippen molar-refractivity contribution in [2.45, 2.75) is 19.4 Å². The maximum Gasteiger partial charge on any atom is 0.273 e. The van der Waals surface area contributed by atoms with Crippen molar-refractivity contribution in [2.24, 2.45) is 0 Å². The van der Waals surface area contributed by atoms with Gasteiger partial charge in [-0.15, -0.1) is 0 Å². The Kier molecular flexibility index (Phi) is 5.26. The van der Waals surface area contributed by atoms with Gasteiger partial charge in [-0.3, -0.25) is 19.5 Å². The third-order valence-electron chi connectivity index (χ3n) is 4.12. The molecule has 0 spiro atoms. The van der Waals surface area contributed by atoms with E-state index in [0.29, 0.717) is 29.3 Å². The van der Waals surface area contributed by atoms with E-state index in [4.69, 9.17) is 0 Å². The number of halogens is 1. The van der Waals surface area contributed by atoms with Crippen LogP contribution in [0.2, 0.25) is 0 Å². The first kappa shape index (κ1) is 17.6. The predicted molar refractivity (Wildman–Crippen MR) is 96.6 cm³/mol. The number of H-pyrrole nitrogens is 1. The van der Waals surface area contributed by atoms with Crippen LogP contribution >= 0.6 is 0 Å². The van der Waals surface area contributed by atoms with Crippen molar-refractivity contribution in [2.75, 3.05) is 6.54 Å². The van der Waals surface area contributed by atoms with Gasteiger partial charge in [0, 0.05) is 13.0 Å². The van der Waals surface area contributed by atoms with Gasteiger partial charge in [0.1, 0.15) is 5.82 Å². The van der Waals surface area contributed by atoms with Gasteiger partial charge in [0.25, 0.3) is 11.1 Å². The maximum absolute atomic E-state index is 13.5. The number of rotatable bonds is 6.